The van der Waals surface area contributed by atoms with Crippen LogP contribution in [0.3, 0.4) is 0 Å². The fourth-order valence-electron chi connectivity index (χ4n) is 23.5. The van der Waals surface area contributed by atoms with E-state index in [9.17, 15) is 58.2 Å². The molecule has 8 unspecified atom stereocenters. The highest BCUT2D eigenvalue weighted by atomic mass is 16.6. The molecule has 25 heteroatoms. The Balaban J connectivity index is 0.000000229. The van der Waals surface area contributed by atoms with Crippen molar-refractivity contribution in [2.45, 2.75) is 456 Å². The van der Waals surface area contributed by atoms with Crippen molar-refractivity contribution in [3.63, 3.8) is 0 Å². The van der Waals surface area contributed by atoms with Crippen molar-refractivity contribution in [2.24, 2.45) is 145 Å². The monoisotopic (exact) mass is 2140 g/mol. The first-order chi connectivity index (χ1) is 90.5. The van der Waals surface area contributed by atoms with Crippen LogP contribution in [0.1, 0.15) is 428 Å². The molecule has 5 saturated heterocycles. The Kier molecular flexibility index (Phi) is 24.9. The van der Waals surface area contributed by atoms with Crippen LogP contribution < -0.4 is 0 Å². The van der Waals surface area contributed by atoms with E-state index in [2.05, 4.69) is 28.3 Å². The van der Waals surface area contributed by atoms with Crippen LogP contribution in [0.5, 0.6) is 0 Å². The number of aliphatic hydroxyl groups is 5. The van der Waals surface area contributed by atoms with Gasteiger partial charge in [0.25, 0.3) is 0 Å². The van der Waals surface area contributed by atoms with Gasteiger partial charge >= 0.3 is 59.7 Å². The number of hydrogen-bond acceptors (Lipinski definition) is 25. The normalized spacial score (nSPS) is 43.9. The van der Waals surface area contributed by atoms with Crippen molar-refractivity contribution in [3.8, 4) is 0 Å². The average Bonchev–Trinajstić information content (AvgIpc) is 0.688. The van der Waals surface area contributed by atoms with E-state index in [1.165, 1.54) is 26.8 Å². The second kappa shape index (κ2) is 53.6. The first kappa shape index (κ1) is 69.8. The van der Waals surface area contributed by atoms with Gasteiger partial charge in [-0.2, -0.15) is 0 Å². The molecular formula is C125H190O25. The molecule has 25 nitrogen and oxygen atoms in total. The third-order valence-corrected chi connectivity index (χ3v) is 32.7. The number of esters is 10. The standard InChI is InChI=1S/5C25H38O5/c5*1-6-25(4,5)24(28)30-21-12-15(2)11-17-8-7-16(3)20(23(17)21)10-9-19-13-18(26)14-22(27)29-19/h5*7-8,11,15-16,18-21,23,26H,6,9-10,12-14H2,1-5H3/t15-,16-,18+,19?,20-,21?,23-;4*15-,16-,18+,19?,20-,21-,23-/m00000/s1/i1D3,2D3,4D3,6D2,14D2;1D3,2D3,4D3,5D3,6D2,14D2;1D3,2D3,6D2,26D;2D3,4D3,26D;2D3,26D/t15-,16-,18+,19?,20-,21?,23-,25?;2m;15-,16-,18+,19?,20-,21-,23-,25?;m. The fraction of sp³-hybridized carbons (Fsp3) is 0.760. The molecule has 0 spiro atoms. The van der Waals surface area contributed by atoms with Crippen LogP contribution in [0, 0.1) is 145 Å². The molecule has 5 fully saturated rings. The molecule has 5 heterocycles. The predicted octanol–water partition coefficient (Wildman–Crippen LogP) is 22.9. The third-order valence-electron chi connectivity index (χ3n) is 32.7. The first-order valence-electron chi connectivity index (χ1n) is 77.5. The molecule has 5 N–H and O–H groups in total. The summed E-state index contributed by atoms with van der Waals surface area (Å²) in [5.41, 5.74) is -8.50. The quantitative estimate of drug-likeness (QED) is 0.0301. The van der Waals surface area contributed by atoms with Gasteiger partial charge in [-0.05, 0) is 314 Å². The zero-order valence-electron chi connectivity index (χ0n) is 137. The van der Waals surface area contributed by atoms with Crippen molar-refractivity contribution >= 4 is 59.7 Å². The van der Waals surface area contributed by atoms with Crippen LogP contribution in [0.2, 0.25) is 0 Å². The number of allylic oxidation sites excluding steroid dienone is 15. The molecule has 0 aromatic carbocycles. The molecule has 0 bridgehead atoms. The summed E-state index contributed by atoms with van der Waals surface area (Å²) < 4.78 is 441. The number of cyclic esters (lactones) is 5. The Morgan fingerprint density at radius 1 is 0.327 bits per heavy atom. The number of aliphatic hydroxyl groups excluding tert-OH is 5. The number of fused-ring (bicyclic) bond motifs is 5. The number of hydrogen-bond donors (Lipinski definition) is 5. The number of carbonyl (C=O) groups excluding carboxylic acids is 10. The predicted molar refractivity (Wildman–Crippen MR) is 577 cm³/mol. The first-order valence-corrected chi connectivity index (χ1v) is 53.3. The maximum Gasteiger partial charge on any atom is 0.311 e. The lowest BCUT2D eigenvalue weighted by atomic mass is 9.65. The molecule has 0 aromatic rings. The maximum absolute atomic E-state index is 13.9. The topological polar surface area (TPSA) is 364 Å². The number of ether oxygens (including phenoxy) is 10. The Morgan fingerprint density at radius 3 is 0.793 bits per heavy atom. The van der Waals surface area contributed by atoms with Crippen LogP contribution in [-0.2, 0) is 95.3 Å². The molecule has 150 heavy (non-hydrogen) atoms. The summed E-state index contributed by atoms with van der Waals surface area (Å²) in [5, 5.41) is 34.2. The van der Waals surface area contributed by atoms with Gasteiger partial charge in [0.15, 0.2) is 0 Å². The van der Waals surface area contributed by atoms with E-state index in [1.54, 1.807) is 50.3 Å². The zero-order valence-corrected chi connectivity index (χ0v) is 88.3. The van der Waals surface area contributed by atoms with Gasteiger partial charge in [0.05, 0.1) is 89.6 Å². The second-order valence-corrected chi connectivity index (χ2v) is 45.4. The van der Waals surface area contributed by atoms with Crippen molar-refractivity contribution < 1.29 is 184 Å². The maximum atomic E-state index is 13.9. The molecule has 10 aliphatic carbocycles. The van der Waals surface area contributed by atoms with Gasteiger partial charge < -0.3 is 72.9 Å². The Labute approximate surface area is 966 Å². The molecule has 0 radical (unpaired) electrons. The summed E-state index contributed by atoms with van der Waals surface area (Å²) in [6.45, 7) is -15.3. The Bertz CT molecular complexity index is 6920. The lowest BCUT2D eigenvalue weighted by molar-refractivity contribution is -0.166. The van der Waals surface area contributed by atoms with Crippen molar-refractivity contribution in [2.75, 3.05) is 0 Å². The van der Waals surface area contributed by atoms with Gasteiger partial charge in [0, 0.05) is 125 Å². The van der Waals surface area contributed by atoms with E-state index < -0.39 is 334 Å². The molecule has 37 atom stereocenters. The van der Waals surface area contributed by atoms with Crippen molar-refractivity contribution in [3.05, 3.63) is 119 Å². The zero-order chi connectivity index (χ0) is 151. The van der Waals surface area contributed by atoms with E-state index in [0.29, 0.717) is 87.9 Å². The molecule has 15 rings (SSSR count). The summed E-state index contributed by atoms with van der Waals surface area (Å²) in [5.74, 6) is -18.1. The third kappa shape index (κ3) is 32.8. The van der Waals surface area contributed by atoms with Crippen LogP contribution in [0.25, 0.3) is 0 Å². The minimum Gasteiger partial charge on any atom is -0.462 e. The highest BCUT2D eigenvalue weighted by Gasteiger charge is 2.52. The minimum atomic E-state index is -4.20. The second-order valence-electron chi connectivity index (χ2n) is 45.4. The molecule has 840 valence electrons. The smallest absolute Gasteiger partial charge is 0.311 e. The summed E-state index contributed by atoms with van der Waals surface area (Å²) in [6, 6.07) is 0. The summed E-state index contributed by atoms with van der Waals surface area (Å²) in [6.07, 6.45) is 4.02. The van der Waals surface area contributed by atoms with Crippen molar-refractivity contribution in [1.82, 2.24) is 0 Å². The minimum absolute atomic E-state index is 0.00186. The van der Waals surface area contributed by atoms with E-state index in [4.69, 9.17) is 115 Å². The van der Waals surface area contributed by atoms with Crippen LogP contribution in [0.4, 0.5) is 0 Å². The van der Waals surface area contributed by atoms with Gasteiger partial charge in [-0.15, -0.1) is 0 Å². The summed E-state index contributed by atoms with van der Waals surface area (Å²) in [4.78, 5) is 127. The lowest BCUT2D eigenvalue weighted by Gasteiger charge is -2.44. The van der Waals surface area contributed by atoms with Gasteiger partial charge in [0.2, 0.25) is 4.29 Å². The SMILES string of the molecule is [2H]C([2H])([2H])[C@H]1C=C2C=C[C@H](C)[C@H](CCC3C[C@@H](O)C([2H])([2H])C(=O)O3)[C@H]2C(OC(=O)C(C)(C([2H])([2H])[2H])C([2H])([2H])C([2H])([2H])[2H])C1.[2H]C([2H])([2H])[C@H]1C=C2C=C[C@H](C)[C@H](CCC3C[C@@H](O)C([2H])([2H])C(=O)O3)[C@H]2[C@@H](OC(=O)C(C([2H])([2H])[2H])(C([2H])([2H])[2H])C([2H])([2H])C([2H])([2H])[2H])C1.[2H]O[C@H]1CC(=O)OC(CC[C@@H]2[C@@H]3C(=C[C@H](C([2H])([2H])[2H])C[C@@H]3OC(=O)C(C)(C)C([2H])([2H])C([2H])([2H])[2H])C=C[C@@H]2C)C1.[2H]O[C@H]1CC(=O)OC(CC[C@@H]2[C@@H]3C(=C[C@H](C([2H])([2H])[2H])C[C@@H]3OC(=O)C(C)(C)CC)C=C[C@@H]2C)C1.[2H]O[C@H]1CC(=O)OC(CC[C@@H]2[C@@H]3C(=C[C@H](C([2H])([2H])[2H])C[C@@H]3OC(=O)C(C)(CC)C([2H])([2H])[2H])C=C[C@@H]2C)C1. The number of carbonyl (C=O) groups is 10. The van der Waals surface area contributed by atoms with Gasteiger partial charge in [-0.3, -0.25) is 47.9 Å². The summed E-state index contributed by atoms with van der Waals surface area (Å²) in [7, 11) is 0. The highest BCUT2D eigenvalue weighted by Crippen LogP contribution is 2.54. The molecule has 15 aliphatic rings. The van der Waals surface area contributed by atoms with Crippen LogP contribution in [0.15, 0.2) is 119 Å². The fourth-order valence-corrected chi connectivity index (χ4v) is 23.5. The van der Waals surface area contributed by atoms with Gasteiger partial charge in [0.1, 0.15) is 61.0 Å². The van der Waals surface area contributed by atoms with E-state index >= 15 is 0 Å². The molecule has 0 amide bonds. The van der Waals surface area contributed by atoms with Gasteiger partial charge in [-0.25, -0.2) is 0 Å². The van der Waals surface area contributed by atoms with Crippen LogP contribution in [-0.4, -0.2) is 181 Å². The van der Waals surface area contributed by atoms with Crippen molar-refractivity contribution in [1.29, 1.82) is 4.29 Å². The lowest BCUT2D eigenvalue weighted by Crippen LogP contribution is -2.43. The van der Waals surface area contributed by atoms with Gasteiger partial charge in [-0.1, -0.05) is 194 Å². The molecular weight excluding hydrogens is 1900 g/mol. The van der Waals surface area contributed by atoms with E-state index in [1.807, 2.05) is 84.1 Å². The van der Waals surface area contributed by atoms with E-state index in [0.717, 1.165) is 17.6 Å². The van der Waals surface area contributed by atoms with Crippen LogP contribution >= 0.6 is 0 Å². The molecule has 0 saturated carbocycles. The molecule has 5 aliphatic heterocycles. The Hall–Kier alpha value is -8.10. The summed E-state index contributed by atoms with van der Waals surface area (Å²) >= 11 is 0. The highest BCUT2D eigenvalue weighted by molar-refractivity contribution is 5.79. The largest absolute Gasteiger partial charge is 0.462 e. The molecule has 0 aromatic heterocycles. The number of rotatable bonds is 33. The Morgan fingerprint density at radius 2 is 0.553 bits per heavy atom. The van der Waals surface area contributed by atoms with E-state index in [-0.39, 0.29) is 167 Å². The average molecular weight is 2140 g/mol.